The van der Waals surface area contributed by atoms with Crippen molar-refractivity contribution in [2.45, 2.75) is 37.7 Å². The van der Waals surface area contributed by atoms with E-state index in [-0.39, 0.29) is 25.3 Å². The Bertz CT molecular complexity index is 1460. The highest BCUT2D eigenvalue weighted by Crippen LogP contribution is 2.37. The van der Waals surface area contributed by atoms with Crippen molar-refractivity contribution in [3.63, 3.8) is 0 Å². The van der Waals surface area contributed by atoms with Gasteiger partial charge >= 0.3 is 0 Å². The summed E-state index contributed by atoms with van der Waals surface area (Å²) in [6.45, 7) is 3.95. The summed E-state index contributed by atoms with van der Waals surface area (Å²) < 4.78 is 51.6. The molecule has 0 aliphatic heterocycles. The first kappa shape index (κ1) is 27.3. The van der Waals surface area contributed by atoms with Crippen LogP contribution in [0.4, 0.5) is 0 Å². The lowest BCUT2D eigenvalue weighted by molar-refractivity contribution is 0.193. The Hall–Kier alpha value is -3.77. The molecule has 202 valence electrons. The van der Waals surface area contributed by atoms with Crippen LogP contribution in [0.25, 0.3) is 17.3 Å². The van der Waals surface area contributed by atoms with E-state index in [0.717, 1.165) is 5.56 Å². The summed E-state index contributed by atoms with van der Waals surface area (Å²) in [7, 11) is 0.803. The number of aromatic nitrogens is 5. The Balaban J connectivity index is 1.81. The zero-order chi connectivity index (χ0) is 27.3. The minimum Gasteiger partial charge on any atom is -0.494 e. The van der Waals surface area contributed by atoms with Crippen molar-refractivity contribution in [2.24, 2.45) is 0 Å². The maximum Gasteiger partial charge on any atom is 0.204 e. The summed E-state index contributed by atoms with van der Waals surface area (Å²) in [5.74, 6) is 2.56. The third-order valence-electron chi connectivity index (χ3n) is 6.04. The maximum atomic E-state index is 13.8. The molecular formula is C26H31N5O6S. The first-order valence-corrected chi connectivity index (χ1v) is 13.7. The zero-order valence-electron chi connectivity index (χ0n) is 22.0. The number of ether oxygens (including phenoxy) is 3. The molecule has 0 saturated carbocycles. The normalized spacial score (nSPS) is 12.4. The number of hydrogen-bond donors (Lipinski definition) is 0. The number of methoxy groups -OCH3 is 3. The van der Waals surface area contributed by atoms with E-state index in [4.69, 9.17) is 18.6 Å². The van der Waals surface area contributed by atoms with Gasteiger partial charge in [0.15, 0.2) is 21.4 Å². The molecule has 11 nitrogen and oxygen atoms in total. The molecular weight excluding hydrogens is 510 g/mol. The van der Waals surface area contributed by atoms with E-state index < -0.39 is 20.8 Å². The van der Waals surface area contributed by atoms with E-state index >= 15 is 0 Å². The summed E-state index contributed by atoms with van der Waals surface area (Å²) in [5, 5.41) is 7.81. The lowest BCUT2D eigenvalue weighted by Gasteiger charge is -2.19. The second kappa shape index (κ2) is 11.7. The van der Waals surface area contributed by atoms with E-state index in [1.54, 1.807) is 47.3 Å². The van der Waals surface area contributed by atoms with E-state index in [0.29, 0.717) is 40.4 Å². The molecule has 0 N–H and O–H groups in total. The Morgan fingerprint density at radius 1 is 0.974 bits per heavy atom. The van der Waals surface area contributed by atoms with Crippen molar-refractivity contribution < 1.29 is 27.0 Å². The number of nitrogens with zero attached hydrogens (tertiary/aromatic N) is 5. The molecule has 0 fully saturated rings. The Morgan fingerprint density at radius 3 is 2.24 bits per heavy atom. The number of rotatable bonds is 12. The molecule has 0 aliphatic carbocycles. The molecule has 0 aliphatic rings. The van der Waals surface area contributed by atoms with Crippen molar-refractivity contribution in [1.82, 2.24) is 24.7 Å². The molecule has 38 heavy (non-hydrogen) atoms. The van der Waals surface area contributed by atoms with Crippen LogP contribution in [0.3, 0.4) is 0 Å². The first-order chi connectivity index (χ1) is 18.3. The molecule has 3 heterocycles. The van der Waals surface area contributed by atoms with Crippen molar-refractivity contribution in [2.75, 3.05) is 27.9 Å². The predicted octanol–water partition coefficient (Wildman–Crippen LogP) is 3.51. The predicted molar refractivity (Wildman–Crippen MR) is 140 cm³/mol. The van der Waals surface area contributed by atoms with Crippen LogP contribution >= 0.6 is 0 Å². The fourth-order valence-electron chi connectivity index (χ4n) is 4.10. The van der Waals surface area contributed by atoms with Gasteiger partial charge in [0.1, 0.15) is 34.5 Å². The third-order valence-corrected chi connectivity index (χ3v) is 8.12. The molecule has 0 spiro atoms. The molecule has 0 bridgehead atoms. The summed E-state index contributed by atoms with van der Waals surface area (Å²) in [4.78, 5) is 8.62. The zero-order valence-corrected chi connectivity index (χ0v) is 22.9. The van der Waals surface area contributed by atoms with E-state index in [2.05, 4.69) is 20.2 Å². The maximum absolute atomic E-state index is 13.8. The highest BCUT2D eigenvalue weighted by atomic mass is 32.2. The fraction of sp³-hybridized carbons (Fsp3) is 0.385. The third kappa shape index (κ3) is 5.86. The largest absolute Gasteiger partial charge is 0.494 e. The standard InChI is InChI=1S/C26H31N5O6S/c1-17-14-27-23(28-15-17)13-19(11-12-34-3)38(32,33)16-24-29-30-26(22-10-9-18(2)37-22)31(24)25-20(35-4)7-6-8-21(25)36-5/h6-10,14-15,19H,11-13,16H2,1-5H3/t19-/m1/s1. The van der Waals surface area contributed by atoms with Crippen LogP contribution in [0.15, 0.2) is 47.1 Å². The number of aryl methyl sites for hydroxylation is 2. The number of hydrogen-bond acceptors (Lipinski definition) is 10. The number of para-hydroxylation sites is 1. The summed E-state index contributed by atoms with van der Waals surface area (Å²) >= 11 is 0. The molecule has 0 amide bonds. The SMILES string of the molecule is COCC[C@H](Cc1ncc(C)cn1)S(=O)(=O)Cc1nnc(-c2ccc(C)o2)n1-c1c(OC)cccc1OC. The second-order valence-corrected chi connectivity index (χ2v) is 11.1. The van der Waals surface area contributed by atoms with Gasteiger partial charge in [-0.15, -0.1) is 10.2 Å². The van der Waals surface area contributed by atoms with Crippen LogP contribution in [0.5, 0.6) is 11.5 Å². The lowest BCUT2D eigenvalue weighted by Crippen LogP contribution is -2.28. The van der Waals surface area contributed by atoms with Crippen LogP contribution in [0.2, 0.25) is 0 Å². The van der Waals surface area contributed by atoms with Crippen LogP contribution in [0.1, 0.15) is 29.4 Å². The molecule has 3 aromatic heterocycles. The van der Waals surface area contributed by atoms with Crippen LogP contribution in [0, 0.1) is 13.8 Å². The first-order valence-electron chi connectivity index (χ1n) is 12.0. The topological polar surface area (TPSA) is 131 Å². The van der Waals surface area contributed by atoms with Crippen molar-refractivity contribution in [3.8, 4) is 28.8 Å². The molecule has 1 atom stereocenters. The second-order valence-electron chi connectivity index (χ2n) is 8.79. The van der Waals surface area contributed by atoms with Gasteiger partial charge in [-0.25, -0.2) is 18.4 Å². The molecule has 0 radical (unpaired) electrons. The van der Waals surface area contributed by atoms with Crippen LogP contribution in [-0.2, 0) is 26.7 Å². The van der Waals surface area contributed by atoms with Gasteiger partial charge in [-0.05, 0) is 50.1 Å². The van der Waals surface area contributed by atoms with Gasteiger partial charge in [-0.1, -0.05) is 6.07 Å². The quantitative estimate of drug-likeness (QED) is 0.262. The van der Waals surface area contributed by atoms with Gasteiger partial charge in [-0.2, -0.15) is 0 Å². The Morgan fingerprint density at radius 2 is 1.66 bits per heavy atom. The minimum atomic E-state index is -3.78. The Labute approximate surface area is 221 Å². The fourth-order valence-corrected chi connectivity index (χ4v) is 5.74. The lowest BCUT2D eigenvalue weighted by atomic mass is 10.2. The summed E-state index contributed by atoms with van der Waals surface area (Å²) in [6.07, 6.45) is 3.75. The molecule has 12 heteroatoms. The van der Waals surface area contributed by atoms with Crippen molar-refractivity contribution in [3.05, 3.63) is 65.7 Å². The average Bonchev–Trinajstić information content (AvgIpc) is 3.52. The molecule has 0 saturated heterocycles. The van der Waals surface area contributed by atoms with Crippen molar-refractivity contribution >= 4 is 9.84 Å². The minimum absolute atomic E-state index is 0.141. The number of benzene rings is 1. The van der Waals surface area contributed by atoms with Gasteiger partial charge in [0.2, 0.25) is 5.82 Å². The molecule has 4 rings (SSSR count). The van der Waals surface area contributed by atoms with Gasteiger partial charge < -0.3 is 18.6 Å². The monoisotopic (exact) mass is 541 g/mol. The smallest absolute Gasteiger partial charge is 0.204 e. The van der Waals surface area contributed by atoms with Crippen molar-refractivity contribution in [1.29, 1.82) is 0 Å². The van der Waals surface area contributed by atoms with E-state index in [1.165, 1.54) is 21.3 Å². The molecule has 0 unspecified atom stereocenters. The molecule has 1 aromatic carbocycles. The number of furan rings is 1. The van der Waals surface area contributed by atoms with Crippen LogP contribution < -0.4 is 9.47 Å². The van der Waals surface area contributed by atoms with E-state index in [9.17, 15) is 8.42 Å². The van der Waals surface area contributed by atoms with Gasteiger partial charge in [0.25, 0.3) is 0 Å². The van der Waals surface area contributed by atoms with Gasteiger partial charge in [0.05, 0.1) is 19.5 Å². The highest BCUT2D eigenvalue weighted by Gasteiger charge is 2.32. The van der Waals surface area contributed by atoms with Gasteiger partial charge in [-0.3, -0.25) is 4.57 Å². The summed E-state index contributed by atoms with van der Waals surface area (Å²) in [5.41, 5.74) is 1.36. The van der Waals surface area contributed by atoms with Crippen LogP contribution in [-0.4, -0.2) is 66.3 Å². The highest BCUT2D eigenvalue weighted by molar-refractivity contribution is 7.91. The van der Waals surface area contributed by atoms with E-state index in [1.807, 2.05) is 13.8 Å². The summed E-state index contributed by atoms with van der Waals surface area (Å²) in [6, 6.07) is 8.84. The number of sulfone groups is 1. The average molecular weight is 542 g/mol. The van der Waals surface area contributed by atoms with Gasteiger partial charge in [0, 0.05) is 32.5 Å². The Kier molecular flexibility index (Phi) is 8.42. The molecule has 4 aromatic rings.